The fourth-order valence-corrected chi connectivity index (χ4v) is 3.06. The van der Waals surface area contributed by atoms with Gasteiger partial charge in [-0.05, 0) is 49.2 Å². The highest BCUT2D eigenvalue weighted by Gasteiger charge is 2.28. The second-order valence-electron chi connectivity index (χ2n) is 6.54. The number of primary amides is 1. The molecule has 1 aliphatic heterocycles. The number of nitrogens with one attached hydrogen (secondary N) is 1. The van der Waals surface area contributed by atoms with Crippen molar-refractivity contribution in [1.29, 1.82) is 0 Å². The van der Waals surface area contributed by atoms with Gasteiger partial charge in [-0.15, -0.1) is 0 Å². The fourth-order valence-electron chi connectivity index (χ4n) is 3.06. The van der Waals surface area contributed by atoms with Crippen molar-refractivity contribution in [2.75, 3.05) is 18.4 Å². The summed E-state index contributed by atoms with van der Waals surface area (Å²) in [6.07, 6.45) is 1.24. The third-order valence-electron chi connectivity index (χ3n) is 4.54. The fraction of sp³-hybridized carbons (Fsp3) is 0.250. The van der Waals surface area contributed by atoms with Crippen LogP contribution in [0.15, 0.2) is 48.5 Å². The minimum absolute atomic E-state index is 0.201. The summed E-state index contributed by atoms with van der Waals surface area (Å²) in [4.78, 5) is 36.5. The van der Waals surface area contributed by atoms with Gasteiger partial charge in [-0.25, -0.2) is 4.79 Å². The first kappa shape index (κ1) is 19.2. The zero-order valence-corrected chi connectivity index (χ0v) is 15.1. The maximum atomic E-state index is 12.4. The summed E-state index contributed by atoms with van der Waals surface area (Å²) in [5, 5.41) is 11.9. The highest BCUT2D eigenvalue weighted by Crippen LogP contribution is 2.26. The summed E-state index contributed by atoms with van der Waals surface area (Å²) in [6, 6.07) is 13.0. The molecular weight excluding hydrogens is 362 g/mol. The van der Waals surface area contributed by atoms with Gasteiger partial charge >= 0.3 is 12.0 Å². The first-order chi connectivity index (χ1) is 13.4. The van der Waals surface area contributed by atoms with Crippen LogP contribution in [0, 0.1) is 5.92 Å². The number of urea groups is 1. The molecule has 4 N–H and O–H groups in total. The number of ether oxygens (including phenoxy) is 1. The van der Waals surface area contributed by atoms with Gasteiger partial charge in [0.1, 0.15) is 11.5 Å². The normalized spacial score (nSPS) is 16.3. The molecule has 2 aromatic rings. The van der Waals surface area contributed by atoms with Crippen LogP contribution in [0.2, 0.25) is 0 Å². The number of carbonyl (C=O) groups is 3. The van der Waals surface area contributed by atoms with Gasteiger partial charge in [0.15, 0.2) is 0 Å². The van der Waals surface area contributed by atoms with E-state index in [9.17, 15) is 14.4 Å². The number of nitrogens with two attached hydrogens (primary N) is 1. The zero-order chi connectivity index (χ0) is 20.1. The van der Waals surface area contributed by atoms with E-state index in [0.717, 1.165) is 0 Å². The van der Waals surface area contributed by atoms with Gasteiger partial charge in [-0.2, -0.15) is 0 Å². The highest BCUT2D eigenvalue weighted by molar-refractivity contribution is 5.95. The monoisotopic (exact) mass is 383 g/mol. The van der Waals surface area contributed by atoms with E-state index in [1.165, 1.54) is 4.90 Å². The lowest BCUT2D eigenvalue weighted by molar-refractivity contribution is -0.143. The zero-order valence-electron chi connectivity index (χ0n) is 15.1. The lowest BCUT2D eigenvalue weighted by Gasteiger charge is -2.30. The third kappa shape index (κ3) is 4.59. The Morgan fingerprint density at radius 3 is 2.50 bits per heavy atom. The standard InChI is InChI=1S/C20H21N3O5/c21-18(24)16-5-1-2-6-17(16)28-15-9-7-14(8-10-15)22-20(27)23-11-3-4-13(12-23)19(25)26/h1-2,5-10,13H,3-4,11-12H2,(H2,21,24)(H,22,27)(H,25,26). The number of hydrogen-bond acceptors (Lipinski definition) is 4. The molecule has 0 aliphatic carbocycles. The van der Waals surface area contributed by atoms with Crippen molar-refractivity contribution in [3.63, 3.8) is 0 Å². The second kappa shape index (κ2) is 8.43. The Hall–Kier alpha value is -3.55. The van der Waals surface area contributed by atoms with Gasteiger partial charge in [-0.1, -0.05) is 12.1 Å². The summed E-state index contributed by atoms with van der Waals surface area (Å²) in [5.74, 6) is -1.16. The molecule has 1 saturated heterocycles. The Morgan fingerprint density at radius 1 is 1.11 bits per heavy atom. The molecule has 0 aromatic heterocycles. The van der Waals surface area contributed by atoms with E-state index < -0.39 is 17.8 Å². The van der Waals surface area contributed by atoms with Gasteiger partial charge in [-0.3, -0.25) is 9.59 Å². The smallest absolute Gasteiger partial charge is 0.321 e. The van der Waals surface area contributed by atoms with Crippen LogP contribution in [0.1, 0.15) is 23.2 Å². The Bertz CT molecular complexity index is 882. The number of likely N-dealkylation sites (tertiary alicyclic amines) is 1. The van der Waals surface area contributed by atoms with Gasteiger partial charge < -0.3 is 25.8 Å². The molecule has 0 bridgehead atoms. The van der Waals surface area contributed by atoms with Crippen molar-refractivity contribution in [3.8, 4) is 11.5 Å². The molecule has 0 radical (unpaired) electrons. The molecule has 1 unspecified atom stereocenters. The summed E-state index contributed by atoms with van der Waals surface area (Å²) >= 11 is 0. The minimum atomic E-state index is -0.879. The van der Waals surface area contributed by atoms with E-state index in [-0.39, 0.29) is 18.1 Å². The average molecular weight is 383 g/mol. The molecule has 3 amide bonds. The number of rotatable bonds is 5. The molecule has 8 heteroatoms. The largest absolute Gasteiger partial charge is 0.481 e. The van der Waals surface area contributed by atoms with E-state index >= 15 is 0 Å². The maximum Gasteiger partial charge on any atom is 0.321 e. The number of carboxylic acid groups (broad SMARTS) is 1. The minimum Gasteiger partial charge on any atom is -0.481 e. The Labute approximate surface area is 161 Å². The SMILES string of the molecule is NC(=O)c1ccccc1Oc1ccc(NC(=O)N2CCCC(C(=O)O)C2)cc1. The predicted octanol–water partition coefficient (Wildman–Crippen LogP) is 2.91. The van der Waals surface area contributed by atoms with Crippen molar-refractivity contribution in [2.45, 2.75) is 12.8 Å². The molecule has 1 fully saturated rings. The first-order valence-corrected chi connectivity index (χ1v) is 8.89. The number of anilines is 1. The lowest BCUT2D eigenvalue weighted by atomic mass is 9.99. The van der Waals surface area contributed by atoms with E-state index in [2.05, 4.69) is 5.32 Å². The molecule has 0 spiro atoms. The van der Waals surface area contributed by atoms with Gasteiger partial charge in [0.2, 0.25) is 0 Å². The quantitative estimate of drug-likeness (QED) is 0.733. The van der Waals surface area contributed by atoms with E-state index in [0.29, 0.717) is 36.6 Å². The van der Waals surface area contributed by atoms with Crippen LogP contribution in [0.5, 0.6) is 11.5 Å². The Morgan fingerprint density at radius 2 is 1.82 bits per heavy atom. The van der Waals surface area contributed by atoms with Crippen molar-refractivity contribution in [2.24, 2.45) is 11.7 Å². The van der Waals surface area contributed by atoms with Crippen LogP contribution in [0.3, 0.4) is 0 Å². The summed E-state index contributed by atoms with van der Waals surface area (Å²) in [5.41, 5.74) is 6.17. The summed E-state index contributed by atoms with van der Waals surface area (Å²) in [6.45, 7) is 0.729. The van der Waals surface area contributed by atoms with Gasteiger partial charge in [0.25, 0.3) is 5.91 Å². The van der Waals surface area contributed by atoms with Crippen molar-refractivity contribution >= 4 is 23.6 Å². The van der Waals surface area contributed by atoms with Gasteiger partial charge in [0.05, 0.1) is 11.5 Å². The van der Waals surface area contributed by atoms with Crippen molar-refractivity contribution in [3.05, 3.63) is 54.1 Å². The van der Waals surface area contributed by atoms with Crippen LogP contribution < -0.4 is 15.8 Å². The molecular formula is C20H21N3O5. The first-order valence-electron chi connectivity index (χ1n) is 8.89. The number of para-hydroxylation sites is 1. The van der Waals surface area contributed by atoms with Crippen molar-refractivity contribution in [1.82, 2.24) is 4.90 Å². The molecule has 28 heavy (non-hydrogen) atoms. The number of carbonyl (C=O) groups excluding carboxylic acids is 2. The number of benzene rings is 2. The lowest BCUT2D eigenvalue weighted by Crippen LogP contribution is -2.44. The molecule has 2 aromatic carbocycles. The topological polar surface area (TPSA) is 122 Å². The van der Waals surface area contributed by atoms with Crippen molar-refractivity contribution < 1.29 is 24.2 Å². The van der Waals surface area contributed by atoms with Crippen LogP contribution >= 0.6 is 0 Å². The molecule has 1 atom stereocenters. The molecule has 0 saturated carbocycles. The molecule has 3 rings (SSSR count). The van der Waals surface area contributed by atoms with Crippen LogP contribution in [-0.4, -0.2) is 41.0 Å². The van der Waals surface area contributed by atoms with E-state index in [1.807, 2.05) is 0 Å². The average Bonchev–Trinajstić information content (AvgIpc) is 2.69. The second-order valence-corrected chi connectivity index (χ2v) is 6.54. The number of aliphatic carboxylic acids is 1. The molecule has 146 valence electrons. The van der Waals surface area contributed by atoms with Gasteiger partial charge in [0, 0.05) is 18.8 Å². The Balaban J connectivity index is 1.62. The highest BCUT2D eigenvalue weighted by atomic mass is 16.5. The van der Waals surface area contributed by atoms with E-state index in [4.69, 9.17) is 15.6 Å². The number of piperidine rings is 1. The Kier molecular flexibility index (Phi) is 5.78. The van der Waals surface area contributed by atoms with E-state index in [1.54, 1.807) is 48.5 Å². The van der Waals surface area contributed by atoms with Crippen LogP contribution in [-0.2, 0) is 4.79 Å². The maximum absolute atomic E-state index is 12.4. The number of carboxylic acids is 1. The molecule has 1 aliphatic rings. The summed E-state index contributed by atoms with van der Waals surface area (Å²) < 4.78 is 5.70. The number of nitrogens with zero attached hydrogens (tertiary/aromatic N) is 1. The third-order valence-corrected chi connectivity index (χ3v) is 4.54. The molecule has 1 heterocycles. The molecule has 8 nitrogen and oxygen atoms in total. The van der Waals surface area contributed by atoms with Crippen LogP contribution in [0.4, 0.5) is 10.5 Å². The number of hydrogen-bond donors (Lipinski definition) is 3. The predicted molar refractivity (Wildman–Crippen MR) is 102 cm³/mol. The number of amides is 3. The summed E-state index contributed by atoms with van der Waals surface area (Å²) in [7, 11) is 0. The van der Waals surface area contributed by atoms with Crippen LogP contribution in [0.25, 0.3) is 0 Å².